The Hall–Kier alpha value is -2.98. The van der Waals surface area contributed by atoms with Gasteiger partial charge < -0.3 is 4.90 Å². The topological polar surface area (TPSA) is 80.4 Å². The lowest BCUT2D eigenvalue weighted by molar-refractivity contribution is 0.256. The van der Waals surface area contributed by atoms with E-state index in [0.717, 1.165) is 50.5 Å². The van der Waals surface area contributed by atoms with E-state index in [-0.39, 0.29) is 0 Å². The van der Waals surface area contributed by atoms with Crippen LogP contribution in [0.1, 0.15) is 12.0 Å². The smallest absolute Gasteiger partial charge is 0.182 e. The van der Waals surface area contributed by atoms with E-state index < -0.39 is 0 Å². The molecular formula is C19H23N7. The first-order valence-corrected chi connectivity index (χ1v) is 8.85. The molecule has 1 aliphatic rings. The maximum absolute atomic E-state index is 8.90. The number of aliphatic imine (C=N–C) groups is 1. The van der Waals surface area contributed by atoms with Crippen LogP contribution < -0.4 is 10.2 Å². The molecule has 7 nitrogen and oxygen atoms in total. The molecule has 0 saturated carbocycles. The molecule has 7 heteroatoms. The van der Waals surface area contributed by atoms with Crippen LogP contribution in [-0.2, 0) is 0 Å². The number of nitriles is 1. The summed E-state index contributed by atoms with van der Waals surface area (Å²) in [6, 6.07) is 9.73. The van der Waals surface area contributed by atoms with Crippen LogP contribution in [0.3, 0.4) is 0 Å². The summed E-state index contributed by atoms with van der Waals surface area (Å²) in [5, 5.41) is 11.6. The summed E-state index contributed by atoms with van der Waals surface area (Å²) < 4.78 is 0. The summed E-state index contributed by atoms with van der Waals surface area (Å²) in [5.41, 5.74) is 0.880. The number of piperazine rings is 1. The number of hydrogen-bond donors (Lipinski definition) is 1. The monoisotopic (exact) mass is 349 g/mol. The van der Waals surface area contributed by atoms with Crippen LogP contribution in [0.2, 0.25) is 0 Å². The van der Waals surface area contributed by atoms with E-state index in [1.165, 1.54) is 0 Å². The molecule has 0 amide bonds. The second-order valence-corrected chi connectivity index (χ2v) is 6.07. The molecule has 26 heavy (non-hydrogen) atoms. The maximum atomic E-state index is 8.90. The quantitative estimate of drug-likeness (QED) is 0.280. The number of amidine groups is 1. The fourth-order valence-corrected chi connectivity index (χ4v) is 2.99. The fourth-order valence-electron chi connectivity index (χ4n) is 2.99. The highest BCUT2D eigenvalue weighted by atomic mass is 15.3. The molecule has 0 aliphatic carbocycles. The molecule has 2 aromatic heterocycles. The van der Waals surface area contributed by atoms with E-state index in [2.05, 4.69) is 36.1 Å². The Morgan fingerprint density at radius 3 is 2.62 bits per heavy atom. The zero-order valence-electron chi connectivity index (χ0n) is 14.8. The lowest BCUT2D eigenvalue weighted by Gasteiger charge is -2.35. The average molecular weight is 349 g/mol. The SMILES string of the molecule is N#CNC(=NCCCN1CCN(c2ccccn2)CC1)c1ccncc1. The molecule has 1 fully saturated rings. The standard InChI is InChI=1S/C19H23N7/c20-16-24-19(17-5-9-21-10-6-17)23-8-3-11-25-12-14-26(15-13-25)18-4-1-2-7-22-18/h1-2,4-7,9-10H,3,8,11-15H2,(H,23,24). The van der Waals surface area contributed by atoms with E-state index in [1.54, 1.807) is 12.4 Å². The lowest BCUT2D eigenvalue weighted by atomic mass is 10.2. The summed E-state index contributed by atoms with van der Waals surface area (Å²) in [7, 11) is 0. The molecule has 2 aromatic rings. The van der Waals surface area contributed by atoms with Crippen LogP contribution in [0, 0.1) is 11.5 Å². The third kappa shape index (κ3) is 5.01. The molecule has 134 valence electrons. The first kappa shape index (κ1) is 17.8. The van der Waals surface area contributed by atoms with Gasteiger partial charge in [-0.15, -0.1) is 0 Å². The number of anilines is 1. The Morgan fingerprint density at radius 2 is 1.92 bits per heavy atom. The minimum atomic E-state index is 0.606. The summed E-state index contributed by atoms with van der Waals surface area (Å²) >= 11 is 0. The maximum Gasteiger partial charge on any atom is 0.182 e. The fraction of sp³-hybridized carbons (Fsp3) is 0.368. The first-order chi connectivity index (χ1) is 12.9. The van der Waals surface area contributed by atoms with E-state index in [1.807, 2.05) is 36.7 Å². The van der Waals surface area contributed by atoms with Crippen molar-refractivity contribution in [3.8, 4) is 6.19 Å². The molecule has 0 radical (unpaired) electrons. The number of hydrogen-bond acceptors (Lipinski definition) is 6. The van der Waals surface area contributed by atoms with Gasteiger partial charge in [0.1, 0.15) is 11.7 Å². The molecule has 0 spiro atoms. The van der Waals surface area contributed by atoms with Gasteiger partial charge in [0.25, 0.3) is 0 Å². The lowest BCUT2D eigenvalue weighted by Crippen LogP contribution is -2.47. The van der Waals surface area contributed by atoms with Crippen molar-refractivity contribution >= 4 is 11.7 Å². The second-order valence-electron chi connectivity index (χ2n) is 6.07. The van der Waals surface area contributed by atoms with Crippen molar-refractivity contribution in [1.29, 1.82) is 5.26 Å². The Bertz CT molecular complexity index is 731. The third-order valence-corrected chi connectivity index (χ3v) is 4.38. The summed E-state index contributed by atoms with van der Waals surface area (Å²) in [6.45, 7) is 5.77. The van der Waals surface area contributed by atoms with Crippen LogP contribution in [0.5, 0.6) is 0 Å². The van der Waals surface area contributed by atoms with Gasteiger partial charge in [-0.25, -0.2) is 4.98 Å². The Labute approximate surface area is 154 Å². The highest BCUT2D eigenvalue weighted by Crippen LogP contribution is 2.12. The average Bonchev–Trinajstić information content (AvgIpc) is 2.72. The van der Waals surface area contributed by atoms with Gasteiger partial charge in [-0.2, -0.15) is 5.26 Å². The summed E-state index contributed by atoms with van der Waals surface area (Å²) in [4.78, 5) is 17.7. The van der Waals surface area contributed by atoms with E-state index in [0.29, 0.717) is 12.4 Å². The van der Waals surface area contributed by atoms with Crippen LogP contribution >= 0.6 is 0 Å². The van der Waals surface area contributed by atoms with Gasteiger partial charge in [-0.05, 0) is 30.7 Å². The van der Waals surface area contributed by atoms with Gasteiger partial charge in [0.05, 0.1) is 0 Å². The van der Waals surface area contributed by atoms with Gasteiger partial charge in [-0.3, -0.25) is 20.2 Å². The second kappa shape index (κ2) is 9.49. The molecule has 0 bridgehead atoms. The molecule has 1 N–H and O–H groups in total. The minimum Gasteiger partial charge on any atom is -0.354 e. The normalized spacial score (nSPS) is 15.5. The zero-order valence-corrected chi connectivity index (χ0v) is 14.8. The number of nitrogens with zero attached hydrogens (tertiary/aromatic N) is 6. The molecule has 0 aromatic carbocycles. The van der Waals surface area contributed by atoms with Crippen LogP contribution in [0.25, 0.3) is 0 Å². The molecular weight excluding hydrogens is 326 g/mol. The van der Waals surface area contributed by atoms with Gasteiger partial charge in [0.2, 0.25) is 0 Å². The largest absolute Gasteiger partial charge is 0.354 e. The number of aromatic nitrogens is 2. The first-order valence-electron chi connectivity index (χ1n) is 8.85. The highest BCUT2D eigenvalue weighted by Gasteiger charge is 2.17. The minimum absolute atomic E-state index is 0.606. The Kier molecular flexibility index (Phi) is 6.51. The third-order valence-electron chi connectivity index (χ3n) is 4.38. The molecule has 1 aliphatic heterocycles. The summed E-state index contributed by atoms with van der Waals surface area (Å²) in [5.74, 6) is 1.66. The van der Waals surface area contributed by atoms with Crippen LogP contribution in [-0.4, -0.2) is 60.0 Å². The van der Waals surface area contributed by atoms with Crippen molar-refractivity contribution in [1.82, 2.24) is 20.2 Å². The molecule has 0 unspecified atom stereocenters. The number of pyridine rings is 2. The van der Waals surface area contributed by atoms with Gasteiger partial charge in [0, 0.05) is 63.4 Å². The molecule has 3 heterocycles. The van der Waals surface area contributed by atoms with Crippen molar-refractivity contribution in [2.75, 3.05) is 44.2 Å². The van der Waals surface area contributed by atoms with Gasteiger partial charge in [-0.1, -0.05) is 6.07 Å². The predicted octanol–water partition coefficient (Wildman–Crippen LogP) is 1.51. The zero-order chi connectivity index (χ0) is 18.0. The van der Waals surface area contributed by atoms with Crippen molar-refractivity contribution in [2.45, 2.75) is 6.42 Å². The summed E-state index contributed by atoms with van der Waals surface area (Å²) in [6.07, 6.45) is 8.16. The van der Waals surface area contributed by atoms with Crippen LogP contribution in [0.4, 0.5) is 5.82 Å². The predicted molar refractivity (Wildman–Crippen MR) is 102 cm³/mol. The van der Waals surface area contributed by atoms with Crippen molar-refractivity contribution in [2.24, 2.45) is 4.99 Å². The molecule has 3 rings (SSSR count). The van der Waals surface area contributed by atoms with Gasteiger partial charge >= 0.3 is 0 Å². The number of nitrogens with one attached hydrogen (secondary N) is 1. The number of rotatable bonds is 6. The molecule has 0 atom stereocenters. The van der Waals surface area contributed by atoms with Gasteiger partial charge in [0.15, 0.2) is 6.19 Å². The Balaban J connectivity index is 1.43. The van der Waals surface area contributed by atoms with E-state index in [4.69, 9.17) is 5.26 Å². The molecule has 1 saturated heterocycles. The van der Waals surface area contributed by atoms with Crippen molar-refractivity contribution in [3.63, 3.8) is 0 Å². The highest BCUT2D eigenvalue weighted by molar-refractivity contribution is 5.99. The Morgan fingerprint density at radius 1 is 1.12 bits per heavy atom. The van der Waals surface area contributed by atoms with Crippen molar-refractivity contribution < 1.29 is 0 Å². The van der Waals surface area contributed by atoms with E-state index in [9.17, 15) is 0 Å². The van der Waals surface area contributed by atoms with Crippen molar-refractivity contribution in [3.05, 3.63) is 54.5 Å². The van der Waals surface area contributed by atoms with E-state index >= 15 is 0 Å². The van der Waals surface area contributed by atoms with Crippen LogP contribution in [0.15, 0.2) is 53.9 Å².